The summed E-state index contributed by atoms with van der Waals surface area (Å²) >= 11 is 5.68. The van der Waals surface area contributed by atoms with Gasteiger partial charge in [0.15, 0.2) is 5.78 Å². The number of nitrogens with zero attached hydrogens (tertiary/aromatic N) is 2. The Morgan fingerprint density at radius 1 is 1.71 bits per heavy atom. The average Bonchev–Trinajstić information content (AvgIpc) is 2.19. The van der Waals surface area contributed by atoms with Crippen LogP contribution in [0.3, 0.4) is 0 Å². The first kappa shape index (κ1) is 10.9. The number of hydrogen-bond donors (Lipinski definition) is 0. The van der Waals surface area contributed by atoms with Crippen LogP contribution in [0, 0.1) is 0 Å². The van der Waals surface area contributed by atoms with Gasteiger partial charge >= 0.3 is 5.69 Å². The summed E-state index contributed by atoms with van der Waals surface area (Å²) in [5.74, 6) is -0.0174. The molecule has 0 aliphatic rings. The molecule has 0 aromatic carbocycles. The molecule has 1 aromatic rings. The number of carbonyl (C=O) groups excluding carboxylic acids is 1. The number of aromatic nitrogens is 2. The van der Waals surface area contributed by atoms with Crippen molar-refractivity contribution in [2.75, 3.05) is 0 Å². The van der Waals surface area contributed by atoms with Gasteiger partial charge in [-0.3, -0.25) is 9.36 Å². The van der Waals surface area contributed by atoms with Crippen LogP contribution in [0.4, 0.5) is 0 Å². The van der Waals surface area contributed by atoms with E-state index >= 15 is 0 Å². The molecule has 1 heterocycles. The minimum atomic E-state index is -0.501. The molecule has 5 heteroatoms. The molecule has 0 amide bonds. The highest BCUT2D eigenvalue weighted by Crippen LogP contribution is 2.09. The highest BCUT2D eigenvalue weighted by Gasteiger charge is 2.14. The van der Waals surface area contributed by atoms with Crippen LogP contribution in [-0.4, -0.2) is 15.3 Å². The predicted octanol–water partition coefficient (Wildman–Crippen LogP) is 1.44. The van der Waals surface area contributed by atoms with Gasteiger partial charge in [-0.2, -0.15) is 0 Å². The number of carbonyl (C=O) groups is 1. The Kier molecular flexibility index (Phi) is 3.41. The minimum absolute atomic E-state index is 0.0174. The second kappa shape index (κ2) is 4.37. The lowest BCUT2D eigenvalue weighted by atomic mass is 10.2. The normalized spacial score (nSPS) is 12.5. The van der Waals surface area contributed by atoms with Gasteiger partial charge in [-0.05, 0) is 6.92 Å². The minimum Gasteiger partial charge on any atom is -0.297 e. The van der Waals surface area contributed by atoms with Crippen molar-refractivity contribution in [3.05, 3.63) is 27.9 Å². The molecular weight excluding hydrogens is 204 g/mol. The molecule has 0 saturated carbocycles. The Bertz CT molecular complexity index is 400. The lowest BCUT2D eigenvalue weighted by Gasteiger charge is -2.11. The van der Waals surface area contributed by atoms with E-state index < -0.39 is 11.7 Å². The summed E-state index contributed by atoms with van der Waals surface area (Å²) in [6.07, 6.45) is 3.08. The van der Waals surface area contributed by atoms with E-state index in [0.717, 1.165) is 0 Å². The van der Waals surface area contributed by atoms with E-state index in [1.54, 1.807) is 13.8 Å². The third-order valence-electron chi connectivity index (χ3n) is 2.01. The molecule has 0 bridgehead atoms. The van der Waals surface area contributed by atoms with Crippen molar-refractivity contribution in [3.63, 3.8) is 0 Å². The summed E-state index contributed by atoms with van der Waals surface area (Å²) < 4.78 is 1.24. The van der Waals surface area contributed by atoms with Crippen molar-refractivity contribution in [1.82, 2.24) is 9.55 Å². The lowest BCUT2D eigenvalue weighted by molar-refractivity contribution is -0.121. The van der Waals surface area contributed by atoms with Gasteiger partial charge in [-0.25, -0.2) is 9.78 Å². The van der Waals surface area contributed by atoms with Crippen molar-refractivity contribution >= 4 is 17.4 Å². The molecule has 1 unspecified atom stereocenters. The average molecular weight is 215 g/mol. The predicted molar refractivity (Wildman–Crippen MR) is 53.5 cm³/mol. The number of halogens is 1. The van der Waals surface area contributed by atoms with Crippen LogP contribution >= 0.6 is 11.6 Å². The van der Waals surface area contributed by atoms with Crippen LogP contribution in [0.15, 0.2) is 17.2 Å². The van der Waals surface area contributed by atoms with E-state index in [2.05, 4.69) is 4.98 Å². The standard InChI is InChI=1S/C9H11ClN2O2/c1-3-8(13)6(2)12-5-7(10)4-11-9(12)14/h4-6H,3H2,1-2H3. The second-order valence-electron chi connectivity index (χ2n) is 2.96. The maximum Gasteiger partial charge on any atom is 0.348 e. The van der Waals surface area contributed by atoms with E-state index in [9.17, 15) is 9.59 Å². The van der Waals surface area contributed by atoms with Gasteiger partial charge in [0.2, 0.25) is 0 Å². The summed E-state index contributed by atoms with van der Waals surface area (Å²) in [4.78, 5) is 26.2. The molecule has 4 nitrogen and oxygen atoms in total. The number of rotatable bonds is 3. The maximum atomic E-state index is 11.3. The quantitative estimate of drug-likeness (QED) is 0.765. The zero-order valence-electron chi connectivity index (χ0n) is 8.03. The fourth-order valence-electron chi connectivity index (χ4n) is 1.13. The van der Waals surface area contributed by atoms with E-state index in [0.29, 0.717) is 11.4 Å². The van der Waals surface area contributed by atoms with Crippen LogP contribution < -0.4 is 5.69 Å². The van der Waals surface area contributed by atoms with Crippen molar-refractivity contribution in [1.29, 1.82) is 0 Å². The van der Waals surface area contributed by atoms with Gasteiger partial charge < -0.3 is 0 Å². The Morgan fingerprint density at radius 2 is 2.36 bits per heavy atom. The fourth-order valence-corrected chi connectivity index (χ4v) is 1.29. The Balaban J connectivity index is 3.12. The summed E-state index contributed by atoms with van der Waals surface area (Å²) in [6, 6.07) is -0.501. The van der Waals surface area contributed by atoms with Crippen molar-refractivity contribution < 1.29 is 4.79 Å². The van der Waals surface area contributed by atoms with Gasteiger partial charge in [0, 0.05) is 12.6 Å². The van der Waals surface area contributed by atoms with Gasteiger partial charge in [0.25, 0.3) is 0 Å². The van der Waals surface area contributed by atoms with Crippen LogP contribution in [0.5, 0.6) is 0 Å². The smallest absolute Gasteiger partial charge is 0.297 e. The molecule has 1 rings (SSSR count). The molecule has 0 radical (unpaired) electrons. The topological polar surface area (TPSA) is 52.0 Å². The van der Waals surface area contributed by atoms with Crippen LogP contribution in [0.25, 0.3) is 0 Å². The second-order valence-corrected chi connectivity index (χ2v) is 3.39. The summed E-state index contributed by atoms with van der Waals surface area (Å²) in [5.41, 5.74) is -0.455. The first-order chi connectivity index (χ1) is 6.56. The number of hydrogen-bond acceptors (Lipinski definition) is 3. The van der Waals surface area contributed by atoms with Crippen LogP contribution in [-0.2, 0) is 4.79 Å². The van der Waals surface area contributed by atoms with E-state index in [1.165, 1.54) is 17.0 Å². The van der Waals surface area contributed by atoms with E-state index in [1.807, 2.05) is 0 Å². The van der Waals surface area contributed by atoms with E-state index in [-0.39, 0.29) is 5.78 Å². The van der Waals surface area contributed by atoms with Gasteiger partial charge in [-0.1, -0.05) is 18.5 Å². The molecule has 14 heavy (non-hydrogen) atoms. The largest absolute Gasteiger partial charge is 0.348 e. The highest BCUT2D eigenvalue weighted by molar-refractivity contribution is 6.30. The molecule has 0 aliphatic heterocycles. The van der Waals surface area contributed by atoms with Gasteiger partial charge in [0.1, 0.15) is 0 Å². The fraction of sp³-hybridized carbons (Fsp3) is 0.444. The zero-order chi connectivity index (χ0) is 10.7. The SMILES string of the molecule is CCC(=O)C(C)n1cc(Cl)cnc1=O. The summed E-state index contributed by atoms with van der Waals surface area (Å²) in [5, 5.41) is 0.348. The molecule has 1 atom stereocenters. The molecule has 0 N–H and O–H groups in total. The highest BCUT2D eigenvalue weighted by atomic mass is 35.5. The molecule has 0 saturated heterocycles. The third-order valence-corrected chi connectivity index (χ3v) is 2.21. The van der Waals surface area contributed by atoms with Crippen molar-refractivity contribution in [2.24, 2.45) is 0 Å². The van der Waals surface area contributed by atoms with Crippen LogP contribution in [0.2, 0.25) is 5.02 Å². The van der Waals surface area contributed by atoms with Crippen molar-refractivity contribution in [2.45, 2.75) is 26.3 Å². The summed E-state index contributed by atoms with van der Waals surface area (Å²) in [6.45, 7) is 3.41. The third kappa shape index (κ3) is 2.20. The van der Waals surface area contributed by atoms with Crippen LogP contribution in [0.1, 0.15) is 26.3 Å². The first-order valence-electron chi connectivity index (χ1n) is 4.32. The molecule has 76 valence electrons. The van der Waals surface area contributed by atoms with Gasteiger partial charge in [0.05, 0.1) is 17.3 Å². The molecule has 0 fully saturated rings. The van der Waals surface area contributed by atoms with E-state index in [4.69, 9.17) is 11.6 Å². The Hall–Kier alpha value is -1.16. The Labute approximate surface area is 86.5 Å². The first-order valence-corrected chi connectivity index (χ1v) is 4.70. The maximum absolute atomic E-state index is 11.3. The lowest BCUT2D eigenvalue weighted by Crippen LogP contribution is -2.29. The molecule has 0 spiro atoms. The van der Waals surface area contributed by atoms with Gasteiger partial charge in [-0.15, -0.1) is 0 Å². The molecule has 0 aliphatic carbocycles. The Morgan fingerprint density at radius 3 is 2.93 bits per heavy atom. The number of ketones is 1. The molecule has 1 aromatic heterocycles. The van der Waals surface area contributed by atoms with Crippen molar-refractivity contribution in [3.8, 4) is 0 Å². The number of Topliss-reactive ketones (excluding diaryl/α,β-unsaturated/α-hetero) is 1. The monoisotopic (exact) mass is 214 g/mol. The molecular formula is C9H11ClN2O2. The summed E-state index contributed by atoms with van der Waals surface area (Å²) in [7, 11) is 0. The zero-order valence-corrected chi connectivity index (χ0v) is 8.78.